The second-order valence-corrected chi connectivity index (χ2v) is 5.47. The molecule has 8 heteroatoms. The molecule has 1 unspecified atom stereocenters. The lowest BCUT2D eigenvalue weighted by Gasteiger charge is -2.33. The third-order valence-electron chi connectivity index (χ3n) is 3.85. The molecule has 1 aliphatic rings. The van der Waals surface area contributed by atoms with Gasteiger partial charge in [-0.2, -0.15) is 4.98 Å². The normalized spacial score (nSPS) is 17.7. The molecule has 1 aliphatic heterocycles. The standard InChI is InChI=1S/C16H18N4O4/c1-10-17-14(19-24-10)15(21)18-11-6-5-9-20(16(11)22)12-7-3-4-8-13(12)23-2/h3-4,7-8,11H,5-6,9H2,1-2H3,(H,18,21). The molecule has 8 nitrogen and oxygen atoms in total. The van der Waals surface area contributed by atoms with Gasteiger partial charge in [0.15, 0.2) is 0 Å². The van der Waals surface area contributed by atoms with Crippen LogP contribution in [0.1, 0.15) is 29.4 Å². The predicted octanol–water partition coefficient (Wildman–Crippen LogP) is 1.31. The predicted molar refractivity (Wildman–Crippen MR) is 84.9 cm³/mol. The summed E-state index contributed by atoms with van der Waals surface area (Å²) < 4.78 is 10.1. The maximum absolute atomic E-state index is 12.8. The fraction of sp³-hybridized carbons (Fsp3) is 0.375. The van der Waals surface area contributed by atoms with Crippen LogP contribution in [0.25, 0.3) is 0 Å². The van der Waals surface area contributed by atoms with E-state index in [-0.39, 0.29) is 11.7 Å². The van der Waals surface area contributed by atoms with Gasteiger partial charge in [-0.3, -0.25) is 9.59 Å². The lowest BCUT2D eigenvalue weighted by atomic mass is 10.0. The number of piperidine rings is 1. The molecule has 1 aromatic heterocycles. The molecule has 2 aromatic rings. The molecule has 0 aliphatic carbocycles. The summed E-state index contributed by atoms with van der Waals surface area (Å²) in [5.41, 5.74) is 0.694. The molecule has 126 valence electrons. The van der Waals surface area contributed by atoms with Crippen LogP contribution in [0.15, 0.2) is 28.8 Å². The van der Waals surface area contributed by atoms with Crippen molar-refractivity contribution in [2.24, 2.45) is 0 Å². The first-order chi connectivity index (χ1) is 11.6. The molecular formula is C16H18N4O4. The highest BCUT2D eigenvalue weighted by atomic mass is 16.5. The molecule has 0 spiro atoms. The van der Waals surface area contributed by atoms with Gasteiger partial charge in [-0.05, 0) is 25.0 Å². The van der Waals surface area contributed by atoms with Crippen LogP contribution in [-0.2, 0) is 4.79 Å². The summed E-state index contributed by atoms with van der Waals surface area (Å²) in [5, 5.41) is 6.25. The Bertz CT molecular complexity index is 758. The van der Waals surface area contributed by atoms with E-state index in [4.69, 9.17) is 9.26 Å². The number of aryl methyl sites for hydroxylation is 1. The first-order valence-electron chi connectivity index (χ1n) is 7.65. The van der Waals surface area contributed by atoms with Crippen molar-refractivity contribution in [1.29, 1.82) is 0 Å². The Labute approximate surface area is 138 Å². The van der Waals surface area contributed by atoms with Gasteiger partial charge in [0.1, 0.15) is 11.8 Å². The summed E-state index contributed by atoms with van der Waals surface area (Å²) in [4.78, 5) is 30.4. The number of hydrogen-bond acceptors (Lipinski definition) is 6. The van der Waals surface area contributed by atoms with Crippen molar-refractivity contribution in [2.45, 2.75) is 25.8 Å². The van der Waals surface area contributed by atoms with E-state index >= 15 is 0 Å². The van der Waals surface area contributed by atoms with Gasteiger partial charge in [0.05, 0.1) is 12.8 Å². The van der Waals surface area contributed by atoms with Gasteiger partial charge in [0.25, 0.3) is 11.7 Å². The van der Waals surface area contributed by atoms with Crippen LogP contribution in [-0.4, -0.2) is 41.7 Å². The number of amides is 2. The summed E-state index contributed by atoms with van der Waals surface area (Å²) >= 11 is 0. The molecule has 0 radical (unpaired) electrons. The molecule has 1 atom stereocenters. The SMILES string of the molecule is COc1ccccc1N1CCCC(NC(=O)c2noc(C)n2)C1=O. The number of anilines is 1. The highest BCUT2D eigenvalue weighted by Crippen LogP contribution is 2.30. The van der Waals surface area contributed by atoms with Crippen LogP contribution in [0.2, 0.25) is 0 Å². The fourth-order valence-corrected chi connectivity index (χ4v) is 2.72. The monoisotopic (exact) mass is 330 g/mol. The number of carbonyl (C=O) groups excluding carboxylic acids is 2. The molecule has 1 fully saturated rings. The number of para-hydroxylation sites is 2. The first kappa shape index (κ1) is 16.0. The van der Waals surface area contributed by atoms with Crippen LogP contribution in [0.4, 0.5) is 5.69 Å². The van der Waals surface area contributed by atoms with E-state index in [1.54, 1.807) is 25.0 Å². The number of carbonyl (C=O) groups is 2. The summed E-state index contributed by atoms with van der Waals surface area (Å²) in [5.74, 6) is 0.137. The van der Waals surface area contributed by atoms with Gasteiger partial charge in [-0.25, -0.2) is 0 Å². The van der Waals surface area contributed by atoms with Crippen molar-refractivity contribution in [1.82, 2.24) is 15.5 Å². The van der Waals surface area contributed by atoms with E-state index in [2.05, 4.69) is 15.5 Å². The average molecular weight is 330 g/mol. The Morgan fingerprint density at radius 3 is 2.92 bits per heavy atom. The highest BCUT2D eigenvalue weighted by molar-refractivity contribution is 6.02. The number of benzene rings is 1. The lowest BCUT2D eigenvalue weighted by Crippen LogP contribution is -2.52. The summed E-state index contributed by atoms with van der Waals surface area (Å²) in [7, 11) is 1.56. The number of hydrogen-bond donors (Lipinski definition) is 1. The molecule has 1 aromatic carbocycles. The van der Waals surface area contributed by atoms with E-state index in [9.17, 15) is 9.59 Å². The van der Waals surface area contributed by atoms with Crippen molar-refractivity contribution in [2.75, 3.05) is 18.6 Å². The highest BCUT2D eigenvalue weighted by Gasteiger charge is 2.33. The Balaban J connectivity index is 1.76. The zero-order valence-corrected chi connectivity index (χ0v) is 13.5. The van der Waals surface area contributed by atoms with Gasteiger partial charge < -0.3 is 19.5 Å². The van der Waals surface area contributed by atoms with Crippen molar-refractivity contribution in [3.8, 4) is 5.75 Å². The third kappa shape index (κ3) is 3.08. The van der Waals surface area contributed by atoms with E-state index in [1.165, 1.54) is 0 Å². The molecule has 1 saturated heterocycles. The van der Waals surface area contributed by atoms with Crippen LogP contribution in [0.3, 0.4) is 0 Å². The van der Waals surface area contributed by atoms with Gasteiger partial charge in [-0.15, -0.1) is 0 Å². The molecule has 3 rings (SSSR count). The maximum Gasteiger partial charge on any atom is 0.293 e. The van der Waals surface area contributed by atoms with E-state index < -0.39 is 11.9 Å². The minimum Gasteiger partial charge on any atom is -0.495 e. The lowest BCUT2D eigenvalue weighted by molar-refractivity contribution is -0.121. The number of ether oxygens (including phenoxy) is 1. The van der Waals surface area contributed by atoms with Crippen LogP contribution in [0, 0.1) is 6.92 Å². The second kappa shape index (κ2) is 6.69. The molecule has 24 heavy (non-hydrogen) atoms. The molecule has 1 N–H and O–H groups in total. The number of nitrogens with one attached hydrogen (secondary N) is 1. The maximum atomic E-state index is 12.8. The van der Waals surface area contributed by atoms with Crippen LogP contribution < -0.4 is 15.0 Å². The Kier molecular flexibility index (Phi) is 4.45. The van der Waals surface area contributed by atoms with Gasteiger partial charge in [0.2, 0.25) is 11.8 Å². The van der Waals surface area contributed by atoms with Crippen LogP contribution >= 0.6 is 0 Å². The first-order valence-corrected chi connectivity index (χ1v) is 7.65. The third-order valence-corrected chi connectivity index (χ3v) is 3.85. The largest absolute Gasteiger partial charge is 0.495 e. The quantitative estimate of drug-likeness (QED) is 0.908. The van der Waals surface area contributed by atoms with E-state index in [0.717, 1.165) is 6.42 Å². The molecule has 2 amide bonds. The number of methoxy groups -OCH3 is 1. The van der Waals surface area contributed by atoms with Crippen LogP contribution in [0.5, 0.6) is 5.75 Å². The molecule has 0 saturated carbocycles. The number of rotatable bonds is 4. The summed E-state index contributed by atoms with van der Waals surface area (Å²) in [6.45, 7) is 2.17. The van der Waals surface area contributed by atoms with Gasteiger partial charge in [-0.1, -0.05) is 17.3 Å². The minimum atomic E-state index is -0.630. The summed E-state index contributed by atoms with van der Waals surface area (Å²) in [6.07, 6.45) is 1.33. The smallest absolute Gasteiger partial charge is 0.293 e. The van der Waals surface area contributed by atoms with Crippen molar-refractivity contribution >= 4 is 17.5 Å². The Hall–Kier alpha value is -2.90. The van der Waals surface area contributed by atoms with Gasteiger partial charge in [0, 0.05) is 13.5 Å². The Morgan fingerprint density at radius 2 is 2.21 bits per heavy atom. The zero-order chi connectivity index (χ0) is 17.1. The van der Waals surface area contributed by atoms with Crippen molar-refractivity contribution in [3.05, 3.63) is 36.0 Å². The second-order valence-electron chi connectivity index (χ2n) is 5.47. The molecular weight excluding hydrogens is 312 g/mol. The number of aromatic nitrogens is 2. The van der Waals surface area contributed by atoms with Crippen molar-refractivity contribution in [3.63, 3.8) is 0 Å². The average Bonchev–Trinajstić information content (AvgIpc) is 3.03. The molecule has 2 heterocycles. The zero-order valence-electron chi connectivity index (χ0n) is 13.5. The topological polar surface area (TPSA) is 97.6 Å². The summed E-state index contributed by atoms with van der Waals surface area (Å²) in [6, 6.07) is 6.68. The molecule has 0 bridgehead atoms. The number of nitrogens with zero attached hydrogens (tertiary/aromatic N) is 3. The minimum absolute atomic E-state index is 0.0743. The van der Waals surface area contributed by atoms with Gasteiger partial charge >= 0.3 is 0 Å². The Morgan fingerprint density at radius 1 is 1.42 bits per heavy atom. The van der Waals surface area contributed by atoms with Crippen molar-refractivity contribution < 1.29 is 18.8 Å². The fourth-order valence-electron chi connectivity index (χ4n) is 2.72. The van der Waals surface area contributed by atoms with E-state index in [0.29, 0.717) is 30.3 Å². The van der Waals surface area contributed by atoms with E-state index in [1.807, 2.05) is 18.2 Å².